The Bertz CT molecular complexity index is 596. The zero-order valence-electron chi connectivity index (χ0n) is 14.8. The number of amides is 2. The molecule has 0 aromatic carbocycles. The number of carbonyl (C=O) groups excluding carboxylic acids is 2. The number of hydrogen-bond acceptors (Lipinski definition) is 3. The minimum atomic E-state index is -0.0318. The second kappa shape index (κ2) is 7.36. The summed E-state index contributed by atoms with van der Waals surface area (Å²) >= 11 is 0. The fourth-order valence-electron chi connectivity index (χ4n) is 3.66. The van der Waals surface area contributed by atoms with E-state index in [4.69, 9.17) is 0 Å². The average molecular weight is 332 g/mol. The number of carbonyl (C=O) groups is 2. The number of nitrogens with zero attached hydrogens (tertiary/aromatic N) is 3. The molecule has 1 aromatic heterocycles. The van der Waals surface area contributed by atoms with Crippen LogP contribution in [0.25, 0.3) is 0 Å². The lowest BCUT2D eigenvalue weighted by Crippen LogP contribution is -2.38. The van der Waals surface area contributed by atoms with E-state index in [-0.39, 0.29) is 17.7 Å². The summed E-state index contributed by atoms with van der Waals surface area (Å²) in [6, 6.07) is 1.71. The molecule has 1 saturated carbocycles. The van der Waals surface area contributed by atoms with Crippen LogP contribution in [-0.2, 0) is 11.8 Å². The number of nitrogens with one attached hydrogen (secondary N) is 1. The smallest absolute Gasteiger partial charge is 0.274 e. The number of aromatic nitrogens is 2. The number of anilines is 1. The number of aryl methyl sites for hydroxylation is 1. The summed E-state index contributed by atoms with van der Waals surface area (Å²) in [6.45, 7) is 3.81. The van der Waals surface area contributed by atoms with Crippen molar-refractivity contribution in [1.82, 2.24) is 14.7 Å². The van der Waals surface area contributed by atoms with Crippen LogP contribution < -0.4 is 5.32 Å². The van der Waals surface area contributed by atoms with Gasteiger partial charge in [-0.1, -0.05) is 26.2 Å². The Balaban J connectivity index is 1.64. The van der Waals surface area contributed by atoms with E-state index in [0.717, 1.165) is 51.6 Å². The molecule has 1 N–H and O–H groups in total. The average Bonchev–Trinajstić information content (AvgIpc) is 2.96. The number of rotatable bonds is 3. The molecule has 6 nitrogen and oxygen atoms in total. The fraction of sp³-hybridized carbons (Fsp3) is 0.722. The molecule has 2 amide bonds. The fourth-order valence-corrected chi connectivity index (χ4v) is 3.66. The molecule has 132 valence electrons. The molecule has 24 heavy (non-hydrogen) atoms. The molecule has 0 bridgehead atoms. The van der Waals surface area contributed by atoms with Crippen molar-refractivity contribution in [2.24, 2.45) is 18.9 Å². The van der Waals surface area contributed by atoms with Gasteiger partial charge in [-0.3, -0.25) is 14.3 Å². The maximum Gasteiger partial charge on any atom is 0.274 e. The molecular formula is C18H28N4O2. The lowest BCUT2D eigenvalue weighted by Gasteiger charge is -2.29. The predicted molar refractivity (Wildman–Crippen MR) is 92.7 cm³/mol. The summed E-state index contributed by atoms with van der Waals surface area (Å²) in [5, 5.41) is 7.27. The first-order valence-electron chi connectivity index (χ1n) is 9.19. The molecule has 1 aromatic rings. The standard InChI is InChI=1S/C18H28N4O2/c1-13-8-10-22(11-9-13)18(24)15-12-16(21(2)20-15)19-17(23)14-6-4-3-5-7-14/h12-14H,3-11H2,1-2H3,(H,19,23). The molecular weight excluding hydrogens is 304 g/mol. The molecule has 0 spiro atoms. The summed E-state index contributed by atoms with van der Waals surface area (Å²) in [4.78, 5) is 26.9. The molecule has 1 aliphatic heterocycles. The highest BCUT2D eigenvalue weighted by Gasteiger charge is 2.26. The van der Waals surface area contributed by atoms with Crippen molar-refractivity contribution in [2.45, 2.75) is 51.9 Å². The lowest BCUT2D eigenvalue weighted by atomic mass is 9.89. The molecule has 2 aliphatic rings. The molecule has 2 heterocycles. The number of hydrogen-bond donors (Lipinski definition) is 1. The second-order valence-electron chi connectivity index (χ2n) is 7.34. The predicted octanol–water partition coefficient (Wildman–Crippen LogP) is 2.81. The quantitative estimate of drug-likeness (QED) is 0.925. The third-order valence-electron chi connectivity index (χ3n) is 5.40. The van der Waals surface area contributed by atoms with Crippen LogP contribution in [0.4, 0.5) is 5.82 Å². The van der Waals surface area contributed by atoms with Crippen molar-refractivity contribution in [3.8, 4) is 0 Å². The zero-order chi connectivity index (χ0) is 17.1. The van der Waals surface area contributed by atoms with Gasteiger partial charge in [-0.15, -0.1) is 0 Å². The normalized spacial score (nSPS) is 20.2. The van der Waals surface area contributed by atoms with Crippen LogP contribution in [0.3, 0.4) is 0 Å². The zero-order valence-corrected chi connectivity index (χ0v) is 14.8. The van der Waals surface area contributed by atoms with Gasteiger partial charge in [0.25, 0.3) is 5.91 Å². The minimum absolute atomic E-state index is 0.0318. The van der Waals surface area contributed by atoms with Gasteiger partial charge in [-0.25, -0.2) is 0 Å². The highest BCUT2D eigenvalue weighted by atomic mass is 16.2. The monoisotopic (exact) mass is 332 g/mol. The Morgan fingerprint density at radius 1 is 1.12 bits per heavy atom. The summed E-state index contributed by atoms with van der Waals surface area (Å²) in [5.41, 5.74) is 0.422. The molecule has 1 saturated heterocycles. The van der Waals surface area contributed by atoms with E-state index >= 15 is 0 Å². The molecule has 1 aliphatic carbocycles. The van der Waals surface area contributed by atoms with Crippen LogP contribution in [0.5, 0.6) is 0 Å². The molecule has 6 heteroatoms. The van der Waals surface area contributed by atoms with E-state index in [2.05, 4.69) is 17.3 Å². The van der Waals surface area contributed by atoms with Crippen LogP contribution in [0, 0.1) is 11.8 Å². The van der Waals surface area contributed by atoms with Gasteiger partial charge < -0.3 is 10.2 Å². The maximum atomic E-state index is 12.6. The Morgan fingerprint density at radius 2 is 1.79 bits per heavy atom. The summed E-state index contributed by atoms with van der Waals surface area (Å²) in [6.07, 6.45) is 7.49. The Kier molecular flexibility index (Phi) is 5.21. The molecule has 0 unspecified atom stereocenters. The van der Waals surface area contributed by atoms with Gasteiger partial charge >= 0.3 is 0 Å². The van der Waals surface area contributed by atoms with Crippen molar-refractivity contribution < 1.29 is 9.59 Å². The topological polar surface area (TPSA) is 67.2 Å². The highest BCUT2D eigenvalue weighted by molar-refractivity contribution is 5.96. The van der Waals surface area contributed by atoms with Crippen LogP contribution >= 0.6 is 0 Å². The lowest BCUT2D eigenvalue weighted by molar-refractivity contribution is -0.120. The van der Waals surface area contributed by atoms with Gasteiger partial charge in [0.1, 0.15) is 5.82 Å². The van der Waals surface area contributed by atoms with Gasteiger partial charge in [-0.2, -0.15) is 5.10 Å². The Labute approximate surface area is 143 Å². The van der Waals surface area contributed by atoms with Crippen molar-refractivity contribution >= 4 is 17.6 Å². The van der Waals surface area contributed by atoms with Gasteiger partial charge in [0.05, 0.1) is 0 Å². The van der Waals surface area contributed by atoms with Gasteiger partial charge in [0.15, 0.2) is 5.69 Å². The van der Waals surface area contributed by atoms with Crippen LogP contribution in [-0.4, -0.2) is 39.6 Å². The van der Waals surface area contributed by atoms with Gasteiger partial charge in [0, 0.05) is 32.1 Å². The van der Waals surface area contributed by atoms with E-state index in [1.807, 2.05) is 4.90 Å². The first-order chi connectivity index (χ1) is 11.5. The number of likely N-dealkylation sites (tertiary alicyclic amines) is 1. The summed E-state index contributed by atoms with van der Waals surface area (Å²) < 4.78 is 1.60. The van der Waals surface area contributed by atoms with E-state index in [9.17, 15) is 9.59 Å². The molecule has 3 rings (SSSR count). The van der Waals surface area contributed by atoms with E-state index in [1.165, 1.54) is 6.42 Å². The SMILES string of the molecule is CC1CCN(C(=O)c2cc(NC(=O)C3CCCCC3)n(C)n2)CC1. The molecule has 2 fully saturated rings. The maximum absolute atomic E-state index is 12.6. The Hall–Kier alpha value is -1.85. The van der Waals surface area contributed by atoms with Gasteiger partial charge in [0.2, 0.25) is 5.91 Å². The largest absolute Gasteiger partial charge is 0.337 e. The van der Waals surface area contributed by atoms with E-state index < -0.39 is 0 Å². The van der Waals surface area contributed by atoms with Crippen molar-refractivity contribution in [3.63, 3.8) is 0 Å². The number of piperidine rings is 1. The van der Waals surface area contributed by atoms with Crippen molar-refractivity contribution in [3.05, 3.63) is 11.8 Å². The highest BCUT2D eigenvalue weighted by Crippen LogP contribution is 2.25. The van der Waals surface area contributed by atoms with Crippen molar-refractivity contribution in [2.75, 3.05) is 18.4 Å². The summed E-state index contributed by atoms with van der Waals surface area (Å²) in [5.74, 6) is 1.41. The van der Waals surface area contributed by atoms with E-state index in [1.54, 1.807) is 17.8 Å². The molecule has 0 atom stereocenters. The minimum Gasteiger partial charge on any atom is -0.337 e. The first-order valence-corrected chi connectivity index (χ1v) is 9.19. The van der Waals surface area contributed by atoms with Crippen LogP contribution in [0.15, 0.2) is 6.07 Å². The van der Waals surface area contributed by atoms with Crippen LogP contribution in [0.1, 0.15) is 62.4 Å². The van der Waals surface area contributed by atoms with Gasteiger partial charge in [-0.05, 0) is 31.6 Å². The summed E-state index contributed by atoms with van der Waals surface area (Å²) in [7, 11) is 1.77. The molecule has 0 radical (unpaired) electrons. The van der Waals surface area contributed by atoms with Crippen molar-refractivity contribution in [1.29, 1.82) is 0 Å². The first kappa shape index (κ1) is 17.0. The second-order valence-corrected chi connectivity index (χ2v) is 7.34. The van der Waals surface area contributed by atoms with Crippen LogP contribution in [0.2, 0.25) is 0 Å². The third-order valence-corrected chi connectivity index (χ3v) is 5.40. The Morgan fingerprint density at radius 3 is 2.46 bits per heavy atom. The third kappa shape index (κ3) is 3.79. The van der Waals surface area contributed by atoms with E-state index in [0.29, 0.717) is 17.4 Å².